The van der Waals surface area contributed by atoms with Crippen LogP contribution in [0.1, 0.15) is 19.4 Å². The van der Waals surface area contributed by atoms with Crippen LogP contribution in [0.5, 0.6) is 0 Å². The van der Waals surface area contributed by atoms with Crippen LogP contribution in [0.2, 0.25) is 0 Å². The maximum absolute atomic E-state index is 12.6. The topological polar surface area (TPSA) is 78.2 Å². The van der Waals surface area contributed by atoms with Crippen molar-refractivity contribution in [3.05, 3.63) is 23.9 Å². The summed E-state index contributed by atoms with van der Waals surface area (Å²) >= 11 is 0. The third kappa shape index (κ3) is 3.92. The van der Waals surface area contributed by atoms with Crippen molar-refractivity contribution in [2.45, 2.75) is 19.9 Å². The van der Waals surface area contributed by atoms with Gasteiger partial charge in [0.1, 0.15) is 17.9 Å². The van der Waals surface area contributed by atoms with Gasteiger partial charge in [-0.25, -0.2) is 4.98 Å². The normalized spacial score (nSPS) is 16.4. The van der Waals surface area contributed by atoms with E-state index in [1.54, 1.807) is 12.1 Å². The molecule has 2 heterocycles. The Balaban J connectivity index is 2.07. The second-order valence-corrected chi connectivity index (χ2v) is 5.35. The van der Waals surface area contributed by atoms with Crippen LogP contribution < -0.4 is 5.32 Å². The first-order valence-corrected chi connectivity index (χ1v) is 7.11. The summed E-state index contributed by atoms with van der Waals surface area (Å²) in [5, 5.41) is 11.9. The van der Waals surface area contributed by atoms with Crippen molar-refractivity contribution in [3.63, 3.8) is 0 Å². The first-order chi connectivity index (χ1) is 10.1. The highest BCUT2D eigenvalue weighted by Crippen LogP contribution is 2.14. The molecular formula is C15H20N4O2. The number of nitriles is 1. The van der Waals surface area contributed by atoms with Gasteiger partial charge in [0.2, 0.25) is 5.91 Å². The van der Waals surface area contributed by atoms with Gasteiger partial charge in [0.25, 0.3) is 0 Å². The number of carbonyl (C=O) groups is 1. The Kier molecular flexibility index (Phi) is 5.12. The SMILES string of the molecule is CC(C)C(Nc1ccc(C#N)cn1)C(=O)N1CCOCC1. The van der Waals surface area contributed by atoms with Crippen LogP contribution in [0.25, 0.3) is 0 Å². The lowest BCUT2D eigenvalue weighted by molar-refractivity contribution is -0.137. The monoisotopic (exact) mass is 288 g/mol. The molecular weight excluding hydrogens is 268 g/mol. The maximum atomic E-state index is 12.6. The molecule has 21 heavy (non-hydrogen) atoms. The quantitative estimate of drug-likeness (QED) is 0.902. The molecule has 1 saturated heterocycles. The highest BCUT2D eigenvalue weighted by Gasteiger charge is 2.28. The van der Waals surface area contributed by atoms with Crippen LogP contribution >= 0.6 is 0 Å². The molecule has 0 bridgehead atoms. The fourth-order valence-electron chi connectivity index (χ4n) is 2.20. The van der Waals surface area contributed by atoms with Crippen molar-refractivity contribution in [2.75, 3.05) is 31.6 Å². The number of nitrogens with zero attached hydrogens (tertiary/aromatic N) is 3. The molecule has 1 N–H and O–H groups in total. The van der Waals surface area contributed by atoms with Gasteiger partial charge in [-0.15, -0.1) is 0 Å². The van der Waals surface area contributed by atoms with Crippen LogP contribution in [-0.2, 0) is 9.53 Å². The Hall–Kier alpha value is -2.13. The molecule has 1 aliphatic rings. The van der Waals surface area contributed by atoms with E-state index in [2.05, 4.69) is 10.3 Å². The number of hydrogen-bond donors (Lipinski definition) is 1. The Morgan fingerprint density at radius 2 is 2.14 bits per heavy atom. The highest BCUT2D eigenvalue weighted by molar-refractivity contribution is 5.84. The van der Waals surface area contributed by atoms with E-state index in [4.69, 9.17) is 10.00 Å². The largest absolute Gasteiger partial charge is 0.378 e. The first kappa shape index (κ1) is 15.3. The molecule has 1 fully saturated rings. The van der Waals surface area contributed by atoms with Crippen molar-refractivity contribution in [1.82, 2.24) is 9.88 Å². The Bertz CT molecular complexity index is 515. The third-order valence-electron chi connectivity index (χ3n) is 3.45. The lowest BCUT2D eigenvalue weighted by Gasteiger charge is -2.32. The maximum Gasteiger partial charge on any atom is 0.245 e. The number of ether oxygens (including phenoxy) is 1. The lowest BCUT2D eigenvalue weighted by atomic mass is 10.0. The number of hydrogen-bond acceptors (Lipinski definition) is 5. The molecule has 1 aromatic rings. The standard InChI is InChI=1S/C15H20N4O2/c1-11(2)14(15(20)19-5-7-21-8-6-19)18-13-4-3-12(9-16)10-17-13/h3-4,10-11,14H,5-8H2,1-2H3,(H,17,18). The zero-order valence-electron chi connectivity index (χ0n) is 12.4. The zero-order chi connectivity index (χ0) is 15.2. The molecule has 1 atom stereocenters. The highest BCUT2D eigenvalue weighted by atomic mass is 16.5. The van der Waals surface area contributed by atoms with Gasteiger partial charge in [0, 0.05) is 19.3 Å². The average Bonchev–Trinajstić information content (AvgIpc) is 2.53. The van der Waals surface area contributed by atoms with Crippen LogP contribution in [0.3, 0.4) is 0 Å². The summed E-state index contributed by atoms with van der Waals surface area (Å²) in [6.07, 6.45) is 1.50. The van der Waals surface area contributed by atoms with Crippen LogP contribution in [0, 0.1) is 17.2 Å². The number of anilines is 1. The van der Waals surface area contributed by atoms with E-state index in [0.717, 1.165) is 0 Å². The first-order valence-electron chi connectivity index (χ1n) is 7.11. The van der Waals surface area contributed by atoms with E-state index in [0.29, 0.717) is 37.7 Å². The van der Waals surface area contributed by atoms with Crippen molar-refractivity contribution < 1.29 is 9.53 Å². The van der Waals surface area contributed by atoms with Crippen LogP contribution in [0.15, 0.2) is 18.3 Å². The Labute approximate surface area is 124 Å². The predicted molar refractivity (Wildman–Crippen MR) is 78.6 cm³/mol. The van der Waals surface area contributed by atoms with Crippen molar-refractivity contribution in [1.29, 1.82) is 5.26 Å². The number of aromatic nitrogens is 1. The molecule has 2 rings (SSSR count). The third-order valence-corrected chi connectivity index (χ3v) is 3.45. The average molecular weight is 288 g/mol. The van der Waals surface area contributed by atoms with Gasteiger partial charge in [0.05, 0.1) is 18.8 Å². The molecule has 6 nitrogen and oxygen atoms in total. The summed E-state index contributed by atoms with van der Waals surface area (Å²) in [5.41, 5.74) is 0.501. The smallest absolute Gasteiger partial charge is 0.245 e. The van der Waals surface area contributed by atoms with Gasteiger partial charge < -0.3 is 15.0 Å². The lowest BCUT2D eigenvalue weighted by Crippen LogP contribution is -2.49. The molecule has 1 aromatic heterocycles. The fourth-order valence-corrected chi connectivity index (χ4v) is 2.20. The molecule has 1 unspecified atom stereocenters. The molecule has 1 amide bonds. The summed E-state index contributed by atoms with van der Waals surface area (Å²) in [7, 11) is 0. The van der Waals surface area contributed by atoms with Crippen LogP contribution in [-0.4, -0.2) is 48.1 Å². The number of rotatable bonds is 4. The van der Waals surface area contributed by atoms with E-state index >= 15 is 0 Å². The second-order valence-electron chi connectivity index (χ2n) is 5.35. The summed E-state index contributed by atoms with van der Waals surface area (Å²) < 4.78 is 5.28. The van der Waals surface area contributed by atoms with Gasteiger partial charge in [-0.3, -0.25) is 4.79 Å². The fraction of sp³-hybridized carbons (Fsp3) is 0.533. The summed E-state index contributed by atoms with van der Waals surface area (Å²) in [5.74, 6) is 0.812. The molecule has 112 valence electrons. The van der Waals surface area contributed by atoms with Gasteiger partial charge >= 0.3 is 0 Å². The molecule has 0 radical (unpaired) electrons. The van der Waals surface area contributed by atoms with E-state index in [1.807, 2.05) is 24.8 Å². The number of amides is 1. The number of nitrogens with one attached hydrogen (secondary N) is 1. The molecule has 0 spiro atoms. The van der Waals surface area contributed by atoms with Crippen molar-refractivity contribution in [3.8, 4) is 6.07 Å². The molecule has 0 saturated carbocycles. The van der Waals surface area contributed by atoms with Crippen molar-refractivity contribution >= 4 is 11.7 Å². The summed E-state index contributed by atoms with van der Waals surface area (Å²) in [6, 6.07) is 5.10. The molecule has 1 aliphatic heterocycles. The number of morpholine rings is 1. The van der Waals surface area contributed by atoms with Gasteiger partial charge in [-0.1, -0.05) is 13.8 Å². The Morgan fingerprint density at radius 1 is 1.43 bits per heavy atom. The van der Waals surface area contributed by atoms with Gasteiger partial charge in [-0.05, 0) is 18.1 Å². The zero-order valence-corrected chi connectivity index (χ0v) is 12.4. The summed E-state index contributed by atoms with van der Waals surface area (Å²) in [4.78, 5) is 18.6. The second kappa shape index (κ2) is 7.04. The Morgan fingerprint density at radius 3 is 2.67 bits per heavy atom. The minimum atomic E-state index is -0.330. The molecule has 6 heteroatoms. The predicted octanol–water partition coefficient (Wildman–Crippen LogP) is 1.25. The van der Waals surface area contributed by atoms with Gasteiger partial charge in [-0.2, -0.15) is 5.26 Å². The minimum Gasteiger partial charge on any atom is -0.378 e. The number of carbonyl (C=O) groups excluding carboxylic acids is 1. The minimum absolute atomic E-state index is 0.0689. The van der Waals surface area contributed by atoms with E-state index in [1.165, 1.54) is 6.20 Å². The summed E-state index contributed by atoms with van der Waals surface area (Å²) in [6.45, 7) is 6.44. The van der Waals surface area contributed by atoms with Gasteiger partial charge in [0.15, 0.2) is 0 Å². The van der Waals surface area contributed by atoms with E-state index in [-0.39, 0.29) is 17.9 Å². The van der Waals surface area contributed by atoms with E-state index < -0.39 is 0 Å². The van der Waals surface area contributed by atoms with E-state index in [9.17, 15) is 4.79 Å². The molecule has 0 aliphatic carbocycles. The molecule has 0 aromatic carbocycles. The number of pyridine rings is 1. The van der Waals surface area contributed by atoms with Crippen molar-refractivity contribution in [2.24, 2.45) is 5.92 Å². The van der Waals surface area contributed by atoms with Crippen LogP contribution in [0.4, 0.5) is 5.82 Å².